The summed E-state index contributed by atoms with van der Waals surface area (Å²) in [4.78, 5) is 23.2. The number of fused-ring (bicyclic) bond motifs is 1. The van der Waals surface area contributed by atoms with E-state index in [2.05, 4.69) is 26.6 Å². The lowest BCUT2D eigenvalue weighted by Crippen LogP contribution is -2.47. The van der Waals surface area contributed by atoms with Crippen LogP contribution in [0.2, 0.25) is 10.0 Å². The summed E-state index contributed by atoms with van der Waals surface area (Å²) in [7, 11) is 0. The molecule has 0 amide bonds. The molecule has 2 aromatic heterocycles. The number of hydrogen-bond donors (Lipinski definition) is 1. The minimum Gasteiger partial charge on any atom is -0.486 e. The van der Waals surface area contributed by atoms with Crippen molar-refractivity contribution in [3.8, 4) is 5.75 Å². The average Bonchev–Trinajstić information content (AvgIpc) is 3.20. The topological polar surface area (TPSA) is 89.7 Å². The molecule has 8 nitrogen and oxygen atoms in total. The van der Waals surface area contributed by atoms with Crippen LogP contribution in [-0.4, -0.2) is 56.3 Å². The molecule has 0 spiro atoms. The largest absolute Gasteiger partial charge is 0.486 e. The minimum atomic E-state index is -0.934. The van der Waals surface area contributed by atoms with Gasteiger partial charge in [-0.25, -0.2) is 9.78 Å². The first-order chi connectivity index (χ1) is 18.9. The lowest BCUT2D eigenvalue weighted by molar-refractivity contribution is -0.0594. The number of carbonyl (C=O) groups is 1. The van der Waals surface area contributed by atoms with Crippen molar-refractivity contribution < 1.29 is 19.4 Å². The zero-order valence-electron chi connectivity index (χ0n) is 21.7. The second-order valence-corrected chi connectivity index (χ2v) is 11.1. The Labute approximate surface area is 249 Å². The maximum absolute atomic E-state index is 11.5. The molecule has 0 aliphatic carbocycles. The van der Waals surface area contributed by atoms with Gasteiger partial charge in [-0.2, -0.15) is 13.5 Å². The van der Waals surface area contributed by atoms with Gasteiger partial charge in [-0.05, 0) is 72.9 Å². The number of hydrogen-bond acceptors (Lipinski definition) is 6. The van der Waals surface area contributed by atoms with Crippen LogP contribution >= 0.6 is 36.7 Å². The molecule has 0 saturated carbocycles. The Morgan fingerprint density at radius 1 is 1.12 bits per heavy atom. The molecule has 1 atom stereocenters. The van der Waals surface area contributed by atoms with Crippen LogP contribution < -0.4 is 4.74 Å². The monoisotopic (exact) mass is 600 g/mol. The van der Waals surface area contributed by atoms with E-state index in [-0.39, 0.29) is 25.2 Å². The van der Waals surface area contributed by atoms with Gasteiger partial charge in [0.1, 0.15) is 18.2 Å². The summed E-state index contributed by atoms with van der Waals surface area (Å²) in [5, 5.41) is 10.5. The fourth-order valence-corrected chi connectivity index (χ4v) is 5.67. The van der Waals surface area contributed by atoms with Gasteiger partial charge >= 0.3 is 5.97 Å². The zero-order valence-corrected chi connectivity index (χ0v) is 24.2. The summed E-state index contributed by atoms with van der Waals surface area (Å²) in [6, 6.07) is 14.4. The van der Waals surface area contributed by atoms with Crippen LogP contribution in [0.25, 0.3) is 11.0 Å². The Morgan fingerprint density at radius 2 is 1.95 bits per heavy atom. The van der Waals surface area contributed by atoms with E-state index in [1.165, 1.54) is 5.56 Å². The summed E-state index contributed by atoms with van der Waals surface area (Å²) in [5.74, 6) is 1.14. The molecule has 210 valence electrons. The third kappa shape index (κ3) is 6.39. The summed E-state index contributed by atoms with van der Waals surface area (Å²) >= 11 is 12.2. The summed E-state index contributed by atoms with van der Waals surface area (Å²) in [6.07, 6.45) is 3.95. The molecule has 0 unspecified atom stereocenters. The van der Waals surface area contributed by atoms with Gasteiger partial charge in [0.2, 0.25) is 0 Å². The van der Waals surface area contributed by atoms with Gasteiger partial charge in [0.05, 0.1) is 46.5 Å². The molecular formula is C29H30Cl2N4O4S. The van der Waals surface area contributed by atoms with Crippen molar-refractivity contribution in [1.29, 1.82) is 0 Å². The number of ether oxygens (including phenoxy) is 2. The Bertz CT molecular complexity index is 1520. The van der Waals surface area contributed by atoms with Gasteiger partial charge < -0.3 is 19.1 Å². The SMILES string of the molecule is O=C(O)c1ccc2nc(CN3CC(Cc4ccnc(COc5ccc(Cl)cc5Cl)c4)C3)n(C[C@@H]3CCO3)c2c1.S. The van der Waals surface area contributed by atoms with Gasteiger partial charge in [-0.15, -0.1) is 0 Å². The maximum Gasteiger partial charge on any atom is 0.335 e. The lowest BCUT2D eigenvalue weighted by atomic mass is 9.92. The van der Waals surface area contributed by atoms with Crippen LogP contribution in [0.3, 0.4) is 0 Å². The van der Waals surface area contributed by atoms with E-state index in [1.807, 2.05) is 6.20 Å². The van der Waals surface area contributed by atoms with Crippen molar-refractivity contribution in [2.24, 2.45) is 5.92 Å². The van der Waals surface area contributed by atoms with Crippen LogP contribution in [0.15, 0.2) is 54.7 Å². The number of aromatic nitrogens is 3. The number of rotatable bonds is 10. The second kappa shape index (κ2) is 12.4. The number of carboxylic acids is 1. The number of benzene rings is 2. The number of likely N-dealkylation sites (tertiary alicyclic amines) is 1. The van der Waals surface area contributed by atoms with Crippen LogP contribution in [0, 0.1) is 5.92 Å². The molecule has 2 aliphatic rings. The molecule has 2 fully saturated rings. The highest BCUT2D eigenvalue weighted by molar-refractivity contribution is 7.59. The van der Waals surface area contributed by atoms with E-state index in [0.29, 0.717) is 34.9 Å². The highest BCUT2D eigenvalue weighted by Gasteiger charge is 2.29. The average molecular weight is 602 g/mol. The fraction of sp³-hybridized carbons (Fsp3) is 0.345. The molecule has 2 aliphatic heterocycles. The fourth-order valence-electron chi connectivity index (χ4n) is 5.21. The molecule has 6 rings (SSSR count). The molecule has 4 aromatic rings. The molecular weight excluding hydrogens is 571 g/mol. The van der Waals surface area contributed by atoms with Crippen molar-refractivity contribution in [3.05, 3.63) is 87.4 Å². The number of pyridine rings is 1. The van der Waals surface area contributed by atoms with E-state index >= 15 is 0 Å². The predicted molar refractivity (Wildman–Crippen MR) is 159 cm³/mol. The highest BCUT2D eigenvalue weighted by atomic mass is 35.5. The van der Waals surface area contributed by atoms with Crippen molar-refractivity contribution in [2.75, 3.05) is 19.7 Å². The van der Waals surface area contributed by atoms with Crippen molar-refractivity contribution in [3.63, 3.8) is 0 Å². The van der Waals surface area contributed by atoms with Crippen LogP contribution in [-0.2, 0) is 30.9 Å². The molecule has 4 heterocycles. The number of aromatic carboxylic acids is 1. The number of halogens is 2. The van der Waals surface area contributed by atoms with Crippen LogP contribution in [0.4, 0.5) is 0 Å². The zero-order chi connectivity index (χ0) is 26.9. The lowest BCUT2D eigenvalue weighted by Gasteiger charge is -2.39. The van der Waals surface area contributed by atoms with Gasteiger partial charge in [0.25, 0.3) is 0 Å². The van der Waals surface area contributed by atoms with E-state index in [9.17, 15) is 9.90 Å². The van der Waals surface area contributed by atoms with Gasteiger partial charge in [-0.1, -0.05) is 23.2 Å². The summed E-state index contributed by atoms with van der Waals surface area (Å²) < 4.78 is 13.7. The van der Waals surface area contributed by atoms with Crippen molar-refractivity contribution >= 4 is 53.7 Å². The van der Waals surface area contributed by atoms with Gasteiger partial charge in [-0.3, -0.25) is 9.88 Å². The normalized spacial score (nSPS) is 17.2. The van der Waals surface area contributed by atoms with Crippen molar-refractivity contribution in [2.45, 2.75) is 38.6 Å². The third-order valence-electron chi connectivity index (χ3n) is 7.33. The van der Waals surface area contributed by atoms with Crippen LogP contribution in [0.5, 0.6) is 5.75 Å². The highest BCUT2D eigenvalue weighted by Crippen LogP contribution is 2.29. The van der Waals surface area contributed by atoms with Crippen LogP contribution in [0.1, 0.15) is 33.9 Å². The quantitative estimate of drug-likeness (QED) is 0.254. The number of carboxylic acid groups (broad SMARTS) is 1. The molecule has 2 saturated heterocycles. The molecule has 0 radical (unpaired) electrons. The van der Waals surface area contributed by atoms with Gasteiger partial charge in [0, 0.05) is 30.9 Å². The Kier molecular flexibility index (Phi) is 8.87. The molecule has 11 heteroatoms. The first kappa shape index (κ1) is 28.7. The van der Waals surface area contributed by atoms with E-state index < -0.39 is 5.97 Å². The summed E-state index contributed by atoms with van der Waals surface area (Å²) in [6.45, 7) is 4.46. The first-order valence-electron chi connectivity index (χ1n) is 13.0. The van der Waals surface area contributed by atoms with Crippen molar-refractivity contribution in [1.82, 2.24) is 19.4 Å². The Balaban J connectivity index is 0.00000323. The first-order valence-corrected chi connectivity index (χ1v) is 13.7. The minimum absolute atomic E-state index is 0. The van der Waals surface area contributed by atoms with E-state index in [4.69, 9.17) is 37.7 Å². The third-order valence-corrected chi connectivity index (χ3v) is 7.86. The molecule has 1 N–H and O–H groups in total. The molecule has 2 aromatic carbocycles. The second-order valence-electron chi connectivity index (χ2n) is 10.2. The standard InChI is InChI=1S/C29H28Cl2N4O4.H2S/c30-21-2-4-27(24(31)12-21)39-17-22-10-18(5-7-32-22)9-19-13-34(14-19)16-28-33-25-3-1-20(29(36)37)11-26(25)35(28)15-23-6-8-38-23;/h1-5,7,10-12,19,23H,6,8-9,13-17H2,(H,36,37);1H2/t23-;/m0./s1. The number of imidazole rings is 1. The maximum atomic E-state index is 11.5. The predicted octanol–water partition coefficient (Wildman–Crippen LogP) is 5.59. The number of nitrogens with zero attached hydrogens (tertiary/aromatic N) is 4. The summed E-state index contributed by atoms with van der Waals surface area (Å²) in [5.41, 5.74) is 4.02. The van der Waals surface area contributed by atoms with Gasteiger partial charge in [0.15, 0.2) is 0 Å². The molecule has 0 bridgehead atoms. The van der Waals surface area contributed by atoms with E-state index in [0.717, 1.165) is 61.6 Å². The Hall–Kier alpha value is -2.82. The molecule has 40 heavy (non-hydrogen) atoms. The smallest absolute Gasteiger partial charge is 0.335 e. The van der Waals surface area contributed by atoms with E-state index in [1.54, 1.807) is 36.4 Å². The Morgan fingerprint density at radius 3 is 2.67 bits per heavy atom.